The third-order valence-corrected chi connectivity index (χ3v) is 5.69. The van der Waals surface area contributed by atoms with Gasteiger partial charge in [-0.15, -0.1) is 0 Å². The molecule has 2 aliphatic heterocycles. The highest BCUT2D eigenvalue weighted by Crippen LogP contribution is 2.42. The Kier molecular flexibility index (Phi) is 4.76. The summed E-state index contributed by atoms with van der Waals surface area (Å²) in [6.45, 7) is 5.24. The molecule has 0 bridgehead atoms. The summed E-state index contributed by atoms with van der Waals surface area (Å²) in [7, 11) is 1.80. The second-order valence-electron chi connectivity index (χ2n) is 6.09. The van der Waals surface area contributed by atoms with Crippen LogP contribution in [0.1, 0.15) is 31.2 Å². The largest absolute Gasteiger partial charge is 0.385 e. The van der Waals surface area contributed by atoms with E-state index >= 15 is 0 Å². The van der Waals surface area contributed by atoms with Gasteiger partial charge in [-0.1, -0.05) is 0 Å². The molecule has 0 saturated carbocycles. The summed E-state index contributed by atoms with van der Waals surface area (Å²) in [6, 6.07) is 2.24. The molecule has 20 heavy (non-hydrogen) atoms. The minimum Gasteiger partial charge on any atom is -0.385 e. The van der Waals surface area contributed by atoms with E-state index in [1.54, 1.807) is 18.4 Å². The zero-order valence-corrected chi connectivity index (χ0v) is 13.2. The van der Waals surface area contributed by atoms with Gasteiger partial charge in [-0.05, 0) is 54.0 Å². The molecule has 0 aliphatic carbocycles. The first kappa shape index (κ1) is 14.5. The maximum atomic E-state index is 6.19. The predicted octanol–water partition coefficient (Wildman–Crippen LogP) is 3.16. The summed E-state index contributed by atoms with van der Waals surface area (Å²) in [4.78, 5) is 2.57. The number of hydrogen-bond donors (Lipinski definition) is 0. The van der Waals surface area contributed by atoms with Crippen molar-refractivity contribution < 1.29 is 9.47 Å². The van der Waals surface area contributed by atoms with Gasteiger partial charge in [0.15, 0.2) is 0 Å². The number of hydrogen-bond acceptors (Lipinski definition) is 4. The molecular formula is C16H25NO2S. The van der Waals surface area contributed by atoms with Crippen molar-refractivity contribution in [3.8, 4) is 0 Å². The fraction of sp³-hybridized carbons (Fsp3) is 0.750. The molecule has 2 saturated heterocycles. The molecule has 1 spiro atoms. The molecule has 0 N–H and O–H groups in total. The zero-order valence-electron chi connectivity index (χ0n) is 12.3. The normalized spacial score (nSPS) is 26.4. The van der Waals surface area contributed by atoms with Crippen molar-refractivity contribution in [2.75, 3.05) is 33.4 Å². The minimum atomic E-state index is 0.156. The van der Waals surface area contributed by atoms with Crippen molar-refractivity contribution in [1.29, 1.82) is 0 Å². The van der Waals surface area contributed by atoms with Crippen LogP contribution in [0.15, 0.2) is 16.8 Å². The molecule has 2 fully saturated rings. The lowest BCUT2D eigenvalue weighted by molar-refractivity contribution is -0.0720. The Morgan fingerprint density at radius 3 is 3.00 bits per heavy atom. The van der Waals surface area contributed by atoms with E-state index in [-0.39, 0.29) is 5.60 Å². The first-order valence-corrected chi connectivity index (χ1v) is 8.63. The number of rotatable bonds is 5. The standard InChI is InChI=1S/C16H25NO2S/c1-18-9-2-15-3-10-19-16(15)5-7-17(8-6-16)12-14-4-11-20-13-14/h4,11,13,15H,2-3,5-10,12H2,1H3/t15-/m1/s1. The van der Waals surface area contributed by atoms with Gasteiger partial charge in [0, 0.05) is 40.0 Å². The SMILES string of the molecule is COCC[C@@H]1CCOC12CCN(Cc1ccsc1)CC2. The van der Waals surface area contributed by atoms with Crippen LogP contribution in [0.3, 0.4) is 0 Å². The number of ether oxygens (including phenoxy) is 2. The topological polar surface area (TPSA) is 21.7 Å². The molecule has 3 rings (SSSR count). The van der Waals surface area contributed by atoms with Gasteiger partial charge < -0.3 is 9.47 Å². The fourth-order valence-corrected chi connectivity index (χ4v) is 4.40. The molecule has 0 amide bonds. The highest BCUT2D eigenvalue weighted by atomic mass is 32.1. The number of nitrogens with zero attached hydrogens (tertiary/aromatic N) is 1. The van der Waals surface area contributed by atoms with Crippen molar-refractivity contribution in [1.82, 2.24) is 4.90 Å². The van der Waals surface area contributed by atoms with Gasteiger partial charge in [-0.2, -0.15) is 11.3 Å². The van der Waals surface area contributed by atoms with Crippen LogP contribution in [-0.2, 0) is 16.0 Å². The van der Waals surface area contributed by atoms with Crippen LogP contribution in [0.5, 0.6) is 0 Å². The lowest BCUT2D eigenvalue weighted by atomic mass is 9.78. The molecule has 3 heterocycles. The minimum absolute atomic E-state index is 0.156. The van der Waals surface area contributed by atoms with E-state index in [0.29, 0.717) is 5.92 Å². The van der Waals surface area contributed by atoms with Crippen LogP contribution in [-0.4, -0.2) is 43.9 Å². The molecule has 4 heteroatoms. The van der Waals surface area contributed by atoms with E-state index in [1.807, 2.05) is 0 Å². The summed E-state index contributed by atoms with van der Waals surface area (Å²) < 4.78 is 11.5. The maximum Gasteiger partial charge on any atom is 0.0736 e. The highest BCUT2D eigenvalue weighted by Gasteiger charge is 2.45. The predicted molar refractivity (Wildman–Crippen MR) is 82.1 cm³/mol. The quantitative estimate of drug-likeness (QED) is 0.833. The maximum absolute atomic E-state index is 6.19. The average molecular weight is 295 g/mol. The molecule has 0 aromatic carbocycles. The second-order valence-corrected chi connectivity index (χ2v) is 6.87. The summed E-state index contributed by atoms with van der Waals surface area (Å²) >= 11 is 1.79. The smallest absolute Gasteiger partial charge is 0.0736 e. The van der Waals surface area contributed by atoms with E-state index in [4.69, 9.17) is 9.47 Å². The van der Waals surface area contributed by atoms with Crippen LogP contribution in [0.2, 0.25) is 0 Å². The zero-order chi connectivity index (χ0) is 13.8. The molecule has 1 aromatic rings. The Balaban J connectivity index is 1.54. The number of thiophene rings is 1. The molecule has 3 nitrogen and oxygen atoms in total. The van der Waals surface area contributed by atoms with Crippen molar-refractivity contribution in [3.63, 3.8) is 0 Å². The fourth-order valence-electron chi connectivity index (χ4n) is 3.74. The van der Waals surface area contributed by atoms with Crippen molar-refractivity contribution in [2.24, 2.45) is 5.92 Å². The number of methoxy groups -OCH3 is 1. The Bertz CT molecular complexity index is 399. The first-order valence-electron chi connectivity index (χ1n) is 7.69. The van der Waals surface area contributed by atoms with Gasteiger partial charge in [-0.3, -0.25) is 4.90 Å². The molecule has 1 aromatic heterocycles. The van der Waals surface area contributed by atoms with Crippen molar-refractivity contribution in [3.05, 3.63) is 22.4 Å². The second kappa shape index (κ2) is 6.56. The van der Waals surface area contributed by atoms with Gasteiger partial charge in [0.25, 0.3) is 0 Å². The monoisotopic (exact) mass is 295 g/mol. The van der Waals surface area contributed by atoms with Crippen molar-refractivity contribution in [2.45, 2.75) is 37.8 Å². The lowest BCUT2D eigenvalue weighted by Crippen LogP contribution is -2.47. The molecule has 112 valence electrons. The van der Waals surface area contributed by atoms with Crippen molar-refractivity contribution >= 4 is 11.3 Å². The Morgan fingerprint density at radius 2 is 2.30 bits per heavy atom. The van der Waals surface area contributed by atoms with E-state index in [0.717, 1.165) is 26.2 Å². The van der Waals surface area contributed by atoms with Crippen LogP contribution in [0.4, 0.5) is 0 Å². The molecule has 1 atom stereocenters. The van der Waals surface area contributed by atoms with Gasteiger partial charge in [-0.25, -0.2) is 0 Å². The Hall–Kier alpha value is -0.420. The Labute approximate surface area is 125 Å². The summed E-state index contributed by atoms with van der Waals surface area (Å²) in [5.74, 6) is 0.700. The van der Waals surface area contributed by atoms with Gasteiger partial charge in [0.1, 0.15) is 0 Å². The van der Waals surface area contributed by atoms with E-state index in [9.17, 15) is 0 Å². The molecule has 0 radical (unpaired) electrons. The highest BCUT2D eigenvalue weighted by molar-refractivity contribution is 7.07. The lowest BCUT2D eigenvalue weighted by Gasteiger charge is -2.42. The molecule has 2 aliphatic rings. The van der Waals surface area contributed by atoms with E-state index < -0.39 is 0 Å². The van der Waals surface area contributed by atoms with E-state index in [2.05, 4.69) is 21.7 Å². The summed E-state index contributed by atoms with van der Waals surface area (Å²) in [5.41, 5.74) is 1.61. The first-order chi connectivity index (χ1) is 9.82. The average Bonchev–Trinajstić information content (AvgIpc) is 3.10. The molecule has 0 unspecified atom stereocenters. The van der Waals surface area contributed by atoms with Crippen LogP contribution in [0, 0.1) is 5.92 Å². The Morgan fingerprint density at radius 1 is 1.45 bits per heavy atom. The number of likely N-dealkylation sites (tertiary alicyclic amines) is 1. The van der Waals surface area contributed by atoms with Gasteiger partial charge in [0.05, 0.1) is 5.60 Å². The van der Waals surface area contributed by atoms with Crippen LogP contribution >= 0.6 is 11.3 Å². The van der Waals surface area contributed by atoms with Crippen LogP contribution < -0.4 is 0 Å². The number of piperidine rings is 1. The van der Waals surface area contributed by atoms with E-state index in [1.165, 1.54) is 37.9 Å². The third kappa shape index (κ3) is 3.08. The summed E-state index contributed by atoms with van der Waals surface area (Å²) in [6.07, 6.45) is 4.74. The van der Waals surface area contributed by atoms with Crippen LogP contribution in [0.25, 0.3) is 0 Å². The van der Waals surface area contributed by atoms with Gasteiger partial charge >= 0.3 is 0 Å². The summed E-state index contributed by atoms with van der Waals surface area (Å²) in [5, 5.41) is 4.43. The molecular weight excluding hydrogens is 270 g/mol. The third-order valence-electron chi connectivity index (χ3n) is 4.96. The van der Waals surface area contributed by atoms with Gasteiger partial charge in [0.2, 0.25) is 0 Å².